The summed E-state index contributed by atoms with van der Waals surface area (Å²) in [6.07, 6.45) is 2.63. The van der Waals surface area contributed by atoms with E-state index < -0.39 is 0 Å². The highest BCUT2D eigenvalue weighted by Crippen LogP contribution is 2.14. The molecule has 1 aliphatic rings. The number of likely N-dealkylation sites (tertiary alicyclic amines) is 1. The van der Waals surface area contributed by atoms with Gasteiger partial charge in [-0.25, -0.2) is 0 Å². The number of hydrogen-bond donors (Lipinski definition) is 0. The molecule has 14 heavy (non-hydrogen) atoms. The molecule has 0 N–H and O–H groups in total. The van der Waals surface area contributed by atoms with Gasteiger partial charge in [-0.2, -0.15) is 0 Å². The van der Waals surface area contributed by atoms with Crippen LogP contribution in [0.1, 0.15) is 19.8 Å². The maximum atomic E-state index is 5.13. The standard InChI is InChI=1S/C11H24N2O/c1-4-13(9-10-14-3)11-5-7-12(2)8-6-11/h11H,4-10H2,1-3H3. The van der Waals surface area contributed by atoms with Gasteiger partial charge in [0.1, 0.15) is 0 Å². The zero-order chi connectivity index (χ0) is 10.4. The molecule has 1 saturated heterocycles. The highest BCUT2D eigenvalue weighted by atomic mass is 16.5. The van der Waals surface area contributed by atoms with Gasteiger partial charge in [-0.3, -0.25) is 4.90 Å². The summed E-state index contributed by atoms with van der Waals surface area (Å²) < 4.78 is 5.13. The Morgan fingerprint density at radius 3 is 2.50 bits per heavy atom. The molecule has 0 spiro atoms. The Hall–Kier alpha value is -0.120. The molecule has 1 heterocycles. The minimum Gasteiger partial charge on any atom is -0.383 e. The first-order valence-corrected chi connectivity index (χ1v) is 5.69. The van der Waals surface area contributed by atoms with Gasteiger partial charge in [0.2, 0.25) is 0 Å². The summed E-state index contributed by atoms with van der Waals surface area (Å²) in [6.45, 7) is 7.83. The predicted molar refractivity (Wildman–Crippen MR) is 59.6 cm³/mol. The third-order valence-electron chi connectivity index (χ3n) is 3.19. The van der Waals surface area contributed by atoms with E-state index in [-0.39, 0.29) is 0 Å². The first-order valence-electron chi connectivity index (χ1n) is 5.69. The summed E-state index contributed by atoms with van der Waals surface area (Å²) in [7, 11) is 3.99. The third kappa shape index (κ3) is 3.56. The van der Waals surface area contributed by atoms with Crippen LogP contribution < -0.4 is 0 Å². The van der Waals surface area contributed by atoms with Gasteiger partial charge in [0.15, 0.2) is 0 Å². The van der Waals surface area contributed by atoms with E-state index in [1.54, 1.807) is 7.11 Å². The lowest BCUT2D eigenvalue weighted by molar-refractivity contribution is 0.0897. The van der Waals surface area contributed by atoms with Gasteiger partial charge in [0.05, 0.1) is 6.61 Å². The van der Waals surface area contributed by atoms with E-state index in [1.807, 2.05) is 0 Å². The Morgan fingerprint density at radius 1 is 1.36 bits per heavy atom. The second kappa shape index (κ2) is 6.38. The number of likely N-dealkylation sites (N-methyl/N-ethyl adjacent to an activating group) is 1. The normalized spacial score (nSPS) is 20.6. The predicted octanol–water partition coefficient (Wildman–Crippen LogP) is 1.05. The second-order valence-electron chi connectivity index (χ2n) is 4.16. The molecule has 0 unspecified atom stereocenters. The Labute approximate surface area is 88.0 Å². The zero-order valence-corrected chi connectivity index (χ0v) is 9.83. The highest BCUT2D eigenvalue weighted by molar-refractivity contribution is 4.77. The molecule has 1 aliphatic heterocycles. The van der Waals surface area contributed by atoms with Gasteiger partial charge in [0.25, 0.3) is 0 Å². The van der Waals surface area contributed by atoms with Gasteiger partial charge >= 0.3 is 0 Å². The number of methoxy groups -OCH3 is 1. The molecule has 1 rings (SSSR count). The number of ether oxygens (including phenoxy) is 1. The monoisotopic (exact) mass is 200 g/mol. The first-order chi connectivity index (χ1) is 6.77. The van der Waals surface area contributed by atoms with E-state index in [1.165, 1.54) is 25.9 Å². The molecule has 0 aromatic carbocycles. The fraction of sp³-hybridized carbons (Fsp3) is 1.00. The van der Waals surface area contributed by atoms with Crippen molar-refractivity contribution in [3.63, 3.8) is 0 Å². The summed E-state index contributed by atoms with van der Waals surface area (Å²) in [5.74, 6) is 0. The van der Waals surface area contributed by atoms with Crippen molar-refractivity contribution in [3.05, 3.63) is 0 Å². The van der Waals surface area contributed by atoms with E-state index in [0.29, 0.717) is 0 Å². The van der Waals surface area contributed by atoms with Crippen molar-refractivity contribution in [3.8, 4) is 0 Å². The average molecular weight is 200 g/mol. The number of piperidine rings is 1. The fourth-order valence-corrected chi connectivity index (χ4v) is 2.17. The molecule has 84 valence electrons. The van der Waals surface area contributed by atoms with E-state index in [0.717, 1.165) is 25.7 Å². The number of rotatable bonds is 5. The topological polar surface area (TPSA) is 15.7 Å². The van der Waals surface area contributed by atoms with E-state index in [2.05, 4.69) is 23.8 Å². The van der Waals surface area contributed by atoms with Crippen LogP contribution in [0.2, 0.25) is 0 Å². The Bertz CT molecular complexity index is 141. The summed E-state index contributed by atoms with van der Waals surface area (Å²) in [4.78, 5) is 4.97. The van der Waals surface area contributed by atoms with Gasteiger partial charge in [-0.05, 0) is 39.5 Å². The molecular formula is C11H24N2O. The van der Waals surface area contributed by atoms with Gasteiger partial charge in [-0.15, -0.1) is 0 Å². The van der Waals surface area contributed by atoms with Crippen molar-refractivity contribution >= 4 is 0 Å². The molecule has 3 heteroatoms. The Balaban J connectivity index is 2.29. The smallest absolute Gasteiger partial charge is 0.0589 e. The maximum absolute atomic E-state index is 5.13. The summed E-state index contributed by atoms with van der Waals surface area (Å²) in [6, 6.07) is 0.784. The molecule has 0 aromatic rings. The lowest BCUT2D eigenvalue weighted by Gasteiger charge is -2.36. The minimum atomic E-state index is 0.784. The third-order valence-corrected chi connectivity index (χ3v) is 3.19. The van der Waals surface area contributed by atoms with Crippen molar-refractivity contribution in [2.45, 2.75) is 25.8 Å². The van der Waals surface area contributed by atoms with Crippen LogP contribution in [-0.2, 0) is 4.74 Å². The summed E-state index contributed by atoms with van der Waals surface area (Å²) in [5, 5.41) is 0. The Kier molecular flexibility index (Phi) is 5.45. The average Bonchev–Trinajstić information content (AvgIpc) is 2.21. The molecule has 0 radical (unpaired) electrons. The molecule has 0 bridgehead atoms. The Morgan fingerprint density at radius 2 is 2.00 bits per heavy atom. The van der Waals surface area contributed by atoms with E-state index in [4.69, 9.17) is 4.74 Å². The number of hydrogen-bond acceptors (Lipinski definition) is 3. The molecule has 0 saturated carbocycles. The van der Waals surface area contributed by atoms with Crippen LogP contribution in [0.15, 0.2) is 0 Å². The molecule has 1 fully saturated rings. The summed E-state index contributed by atoms with van der Waals surface area (Å²) >= 11 is 0. The molecule has 3 nitrogen and oxygen atoms in total. The molecule has 0 aliphatic carbocycles. The van der Waals surface area contributed by atoms with Gasteiger partial charge < -0.3 is 9.64 Å². The van der Waals surface area contributed by atoms with Crippen molar-refractivity contribution in [1.29, 1.82) is 0 Å². The van der Waals surface area contributed by atoms with Crippen LogP contribution in [0.5, 0.6) is 0 Å². The van der Waals surface area contributed by atoms with Crippen LogP contribution in [0.3, 0.4) is 0 Å². The van der Waals surface area contributed by atoms with Crippen LogP contribution >= 0.6 is 0 Å². The first kappa shape index (κ1) is 12.0. The van der Waals surface area contributed by atoms with Crippen molar-refractivity contribution < 1.29 is 4.74 Å². The van der Waals surface area contributed by atoms with Crippen LogP contribution in [0.25, 0.3) is 0 Å². The maximum Gasteiger partial charge on any atom is 0.0589 e. The highest BCUT2D eigenvalue weighted by Gasteiger charge is 2.21. The molecule has 0 amide bonds. The molecule has 0 aromatic heterocycles. The van der Waals surface area contributed by atoms with Gasteiger partial charge in [-0.1, -0.05) is 6.92 Å². The summed E-state index contributed by atoms with van der Waals surface area (Å²) in [5.41, 5.74) is 0. The largest absolute Gasteiger partial charge is 0.383 e. The van der Waals surface area contributed by atoms with Crippen molar-refractivity contribution in [1.82, 2.24) is 9.80 Å². The van der Waals surface area contributed by atoms with Crippen molar-refractivity contribution in [2.75, 3.05) is 46.9 Å². The van der Waals surface area contributed by atoms with Crippen LogP contribution in [0.4, 0.5) is 0 Å². The van der Waals surface area contributed by atoms with E-state index >= 15 is 0 Å². The molecular weight excluding hydrogens is 176 g/mol. The lowest BCUT2D eigenvalue weighted by Crippen LogP contribution is -2.44. The quantitative estimate of drug-likeness (QED) is 0.660. The zero-order valence-electron chi connectivity index (χ0n) is 9.83. The minimum absolute atomic E-state index is 0.784. The van der Waals surface area contributed by atoms with Gasteiger partial charge in [0, 0.05) is 19.7 Å². The van der Waals surface area contributed by atoms with Crippen LogP contribution in [0, 0.1) is 0 Å². The van der Waals surface area contributed by atoms with Crippen LogP contribution in [-0.4, -0.2) is 62.8 Å². The number of nitrogens with zero attached hydrogens (tertiary/aromatic N) is 2. The SMILES string of the molecule is CCN(CCOC)C1CCN(C)CC1. The molecule has 0 atom stereocenters. The fourth-order valence-electron chi connectivity index (χ4n) is 2.17. The second-order valence-corrected chi connectivity index (χ2v) is 4.16. The van der Waals surface area contributed by atoms with Crippen molar-refractivity contribution in [2.24, 2.45) is 0 Å². The van der Waals surface area contributed by atoms with E-state index in [9.17, 15) is 0 Å². The lowest BCUT2D eigenvalue weighted by atomic mass is 10.0.